The average Bonchev–Trinajstić information content (AvgIpc) is 0.859. The van der Waals surface area contributed by atoms with Crippen LogP contribution in [0.2, 0.25) is 4.87 Å². The number of carbonyl (C=O) groups is 12. The van der Waals surface area contributed by atoms with Crippen LogP contribution in [0.4, 0.5) is 0 Å². The fourth-order valence-corrected chi connectivity index (χ4v) is 8.32. The Balaban J connectivity index is -0.00000175. The van der Waals surface area contributed by atoms with E-state index in [1.165, 1.54) is 60.5 Å². The predicted octanol–water partition coefficient (Wildman–Crippen LogP) is 2.08. The van der Waals surface area contributed by atoms with Crippen LogP contribution in [0.25, 0.3) is 0 Å². The number of aliphatic hydroxyl groups excluding tert-OH is 1. The molecule has 0 saturated heterocycles. The molecule has 0 aliphatic carbocycles. The van der Waals surface area contributed by atoms with Crippen molar-refractivity contribution in [1.29, 1.82) is 0 Å². The summed E-state index contributed by atoms with van der Waals surface area (Å²) in [6, 6.07) is 16.5. The number of carbonyl (C=O) groups excluding carboxylic acids is 8. The molecule has 32 heteroatoms. The number of primary amides is 1. The zero-order valence-corrected chi connectivity index (χ0v) is 60.2. The Kier molecular flexibility index (Phi) is 62.3. The molecule has 0 saturated carbocycles. The Bertz CT molecular complexity index is 2670. The zero-order valence-electron chi connectivity index (χ0n) is 56.8. The third-order valence-corrected chi connectivity index (χ3v) is 13.3. The number of unbranched alkanes of at least 4 members (excludes halogenated alkanes) is 7. The van der Waals surface area contributed by atoms with Crippen LogP contribution in [-0.4, -0.2) is 229 Å². The predicted molar refractivity (Wildman–Crippen MR) is 370 cm³/mol. The Labute approximate surface area is 592 Å². The number of rotatable bonds is 48. The van der Waals surface area contributed by atoms with Gasteiger partial charge < -0.3 is 93.2 Å². The quantitative estimate of drug-likeness (QED) is 0.0219. The molecule has 30 nitrogen and oxygen atoms in total. The number of aliphatic carboxylic acids is 4. The fraction of sp³-hybridized carbons (Fsp3) is 0.545. The second kappa shape index (κ2) is 64.9. The van der Waals surface area contributed by atoms with E-state index in [1.54, 1.807) is 23.0 Å². The fourth-order valence-electron chi connectivity index (χ4n) is 7.66. The minimum absolute atomic E-state index is 0.0340. The number of carboxylic acid groups (broad SMARTS) is 4. The Morgan fingerprint density at radius 2 is 1.02 bits per heavy atom. The van der Waals surface area contributed by atoms with Crippen LogP contribution in [0.3, 0.4) is 0 Å². The summed E-state index contributed by atoms with van der Waals surface area (Å²) in [5, 5.41) is 62.0. The van der Waals surface area contributed by atoms with Crippen molar-refractivity contribution in [2.45, 2.75) is 147 Å². The molecule has 0 aromatic heterocycles. The summed E-state index contributed by atoms with van der Waals surface area (Å²) in [5.74, 6) is -8.61. The number of nitrogens with one attached hydrogen (secondary N) is 7. The summed E-state index contributed by atoms with van der Waals surface area (Å²) >= 11 is 2.82. The number of aryl methyl sites for hydroxylation is 1. The van der Waals surface area contributed by atoms with E-state index in [0.717, 1.165) is 76.1 Å². The van der Waals surface area contributed by atoms with Crippen LogP contribution in [0.15, 0.2) is 78.9 Å². The molecule has 0 bridgehead atoms. The molecule has 3 aromatic rings. The van der Waals surface area contributed by atoms with Crippen molar-refractivity contribution < 1.29 is 102 Å². The summed E-state index contributed by atoms with van der Waals surface area (Å²) in [6.07, 6.45) is 10.6. The molecule has 16 N–H and O–H groups in total. The SMILES string of the molecule is CCC.CCN.CCc1ccccc1.NC(=O)C(CC(=O)O)NC(=O)C(Cc1ccc(OCC(=O)O)cc1)NC(=O)C(Cc1ccc(OCC(=O)O)cc1)NC(=O)CSCCNC(=O)C(CO)NC=O.O=CNCCOCCOCC(=O)NCCCCCCCCCCC(=O)O.[CH3][Sb]. The molecule has 550 valence electrons. The van der Waals surface area contributed by atoms with E-state index in [2.05, 4.69) is 87.1 Å². The second-order valence-corrected chi connectivity index (χ2v) is 21.8. The number of aliphatic hydroxyl groups is 1. The first-order chi connectivity index (χ1) is 47.0. The van der Waals surface area contributed by atoms with Gasteiger partial charge in [0.15, 0.2) is 13.2 Å². The molecule has 4 unspecified atom stereocenters. The normalized spacial score (nSPS) is 11.2. The van der Waals surface area contributed by atoms with Crippen LogP contribution >= 0.6 is 11.8 Å². The molecule has 8 amide bonds. The first-order valence-corrected chi connectivity index (χ1v) is 35.7. The molecule has 0 aliphatic heterocycles. The Morgan fingerprint density at radius 1 is 0.531 bits per heavy atom. The van der Waals surface area contributed by atoms with Crippen molar-refractivity contribution in [2.24, 2.45) is 11.5 Å². The van der Waals surface area contributed by atoms with Crippen molar-refractivity contribution in [3.63, 3.8) is 0 Å². The molecule has 0 spiro atoms. The van der Waals surface area contributed by atoms with E-state index in [0.29, 0.717) is 50.4 Å². The molecule has 4 atom stereocenters. The molecule has 3 aromatic carbocycles. The molecular weight excluding hydrogens is 1410 g/mol. The van der Waals surface area contributed by atoms with E-state index < -0.39 is 104 Å². The van der Waals surface area contributed by atoms with Gasteiger partial charge in [0.2, 0.25) is 48.3 Å². The van der Waals surface area contributed by atoms with Gasteiger partial charge in [-0.15, -0.1) is 0 Å². The topological polar surface area (TPSA) is 479 Å². The van der Waals surface area contributed by atoms with Crippen LogP contribution in [0, 0.1) is 0 Å². The first kappa shape index (κ1) is 94.1. The molecule has 3 rings (SSSR count). The third kappa shape index (κ3) is 56.0. The maximum atomic E-state index is 13.9. The van der Waals surface area contributed by atoms with Gasteiger partial charge in [0.1, 0.15) is 42.3 Å². The molecule has 0 aliphatic rings. The monoisotopic (exact) mass is 1510 g/mol. The van der Waals surface area contributed by atoms with Gasteiger partial charge in [-0.1, -0.05) is 127 Å². The number of benzene rings is 3. The number of ether oxygens (including phenoxy) is 4. The van der Waals surface area contributed by atoms with Crippen LogP contribution < -0.4 is 58.2 Å². The van der Waals surface area contributed by atoms with Gasteiger partial charge in [-0.2, -0.15) is 11.8 Å². The number of amides is 8. The minimum atomic E-state index is -1.65. The van der Waals surface area contributed by atoms with Crippen molar-refractivity contribution in [1.82, 2.24) is 37.2 Å². The van der Waals surface area contributed by atoms with Gasteiger partial charge >= 0.3 is 51.8 Å². The van der Waals surface area contributed by atoms with Gasteiger partial charge in [-0.3, -0.25) is 47.9 Å². The van der Waals surface area contributed by atoms with Gasteiger partial charge in [0.05, 0.1) is 38.6 Å². The Hall–Kier alpha value is -8.09. The standard InChI is InChI=1S/C34H42N6O15S.C18H34N2O6.C8H10.C3H8.C2H7N.CH3.Sb/c35-31(50)23(13-28(44)45)39-34(53)25(12-20-3-7-22(8-4-20)55-16-30(48)49)40-33(52)24(11-19-1-5-21(6-2-19)54-15-29(46)47)38-27(43)17-56-10-9-36-32(51)26(14-41)37-18-42;21-16-19-11-12-25-13-14-26-15-17(22)20-10-8-6-4-2-1-3-5-7-9-18(23)24;1-2-8-6-4-3-5-7-8;1-3-2;1-2-3;;/h1-8,18,23-26,41H,9-17H2,(H2,35,50)(H,36,51)(H,37,42)(H,38,43)(H,39,53)(H,40,52)(H,44,45)(H,46,47)(H,48,49);16H,1-15H2,(H,19,21)(H,20,22)(H,23,24);3-7H,2H2,1H3;3H2,1-2H3;2-3H2,1H3;1H3;. The number of thioether (sulfide) groups is 1. The van der Waals surface area contributed by atoms with E-state index in [4.69, 9.17) is 45.7 Å². The van der Waals surface area contributed by atoms with Crippen LogP contribution in [0.5, 0.6) is 11.5 Å². The zero-order chi connectivity index (χ0) is 74.2. The van der Waals surface area contributed by atoms with Gasteiger partial charge in [-0.25, -0.2) is 9.59 Å². The molecule has 2 radical (unpaired) electrons. The number of nitrogens with two attached hydrogens (primary N) is 2. The van der Waals surface area contributed by atoms with Gasteiger partial charge in [0.25, 0.3) is 0 Å². The summed E-state index contributed by atoms with van der Waals surface area (Å²) in [6.45, 7) is 9.60. The van der Waals surface area contributed by atoms with E-state index in [1.807, 2.05) is 13.0 Å². The second-order valence-electron chi connectivity index (χ2n) is 20.7. The van der Waals surface area contributed by atoms with E-state index >= 15 is 0 Å². The molecule has 98 heavy (non-hydrogen) atoms. The number of carboxylic acids is 4. The summed E-state index contributed by atoms with van der Waals surface area (Å²) in [7, 11) is 0. The number of hydrogen-bond donors (Lipinski definition) is 14. The van der Waals surface area contributed by atoms with Crippen LogP contribution in [0.1, 0.15) is 115 Å². The van der Waals surface area contributed by atoms with Crippen LogP contribution in [-0.2, 0) is 86.3 Å². The average molecular weight is 1510 g/mol. The number of hydrogen-bond acceptors (Lipinski definition) is 19. The molecule has 0 heterocycles. The van der Waals surface area contributed by atoms with Crippen molar-refractivity contribution in [3.05, 3.63) is 95.6 Å². The van der Waals surface area contributed by atoms with Gasteiger partial charge in [-0.05, 0) is 66.8 Å². The van der Waals surface area contributed by atoms with E-state index in [9.17, 15) is 67.7 Å². The molecular formula is C66H104N9O21SSb. The summed E-state index contributed by atoms with van der Waals surface area (Å²) in [5.41, 5.74) is 12.4. The first-order valence-electron chi connectivity index (χ1n) is 32.0. The van der Waals surface area contributed by atoms with Crippen molar-refractivity contribution in [3.8, 4) is 11.5 Å². The van der Waals surface area contributed by atoms with E-state index in [-0.39, 0.29) is 67.7 Å². The third-order valence-electron chi connectivity index (χ3n) is 12.3. The Morgan fingerprint density at radius 3 is 1.47 bits per heavy atom. The van der Waals surface area contributed by atoms with Gasteiger partial charge in [0, 0.05) is 44.6 Å². The van der Waals surface area contributed by atoms with Crippen molar-refractivity contribution >= 4 is 107 Å². The molecule has 0 fully saturated rings. The summed E-state index contributed by atoms with van der Waals surface area (Å²) < 4.78 is 20.6. The maximum absolute atomic E-state index is 13.9. The summed E-state index contributed by atoms with van der Waals surface area (Å²) in [4.78, 5) is 142. The van der Waals surface area contributed by atoms with Crippen molar-refractivity contribution in [2.75, 3.05) is 83.9 Å².